The molecule has 1 N–H and O–H groups in total. The first-order valence-corrected chi connectivity index (χ1v) is 10.6. The Bertz CT molecular complexity index is 1300. The van der Waals surface area contributed by atoms with Crippen molar-refractivity contribution in [1.82, 2.24) is 9.97 Å². The van der Waals surface area contributed by atoms with Crippen molar-refractivity contribution in [1.29, 1.82) is 0 Å². The van der Waals surface area contributed by atoms with Crippen molar-refractivity contribution >= 4 is 37.4 Å². The van der Waals surface area contributed by atoms with Crippen molar-refractivity contribution in [3.63, 3.8) is 0 Å². The molecule has 0 saturated heterocycles. The number of pyridine rings is 1. The molecular formula is C19H11F4N3O2S2. The van der Waals surface area contributed by atoms with Gasteiger partial charge in [-0.3, -0.25) is 4.72 Å². The van der Waals surface area contributed by atoms with Crippen LogP contribution >= 0.6 is 11.3 Å². The van der Waals surface area contributed by atoms with Crippen molar-refractivity contribution in [3.05, 3.63) is 72.2 Å². The van der Waals surface area contributed by atoms with Gasteiger partial charge in [0, 0.05) is 17.4 Å². The first-order valence-electron chi connectivity index (χ1n) is 8.35. The van der Waals surface area contributed by atoms with Gasteiger partial charge in [0.1, 0.15) is 21.2 Å². The summed E-state index contributed by atoms with van der Waals surface area (Å²) in [5, 5.41) is 0.687. The Morgan fingerprint density at radius 1 is 1.00 bits per heavy atom. The number of hydrogen-bond acceptors (Lipinski definition) is 5. The van der Waals surface area contributed by atoms with Crippen LogP contribution in [0.5, 0.6) is 0 Å². The number of aromatic nitrogens is 2. The minimum absolute atomic E-state index is 0.135. The van der Waals surface area contributed by atoms with Gasteiger partial charge < -0.3 is 0 Å². The number of sulfonamides is 1. The standard InChI is InChI=1S/C19H11F4N3O2S2/c20-15-8-7-13(10-14(15)19(21,22)23)30(27,28)26-12-5-3-11(4-6-12)17-25-16-2-1-9-24-18(16)29-17/h1-10,26H. The van der Waals surface area contributed by atoms with Crippen LogP contribution < -0.4 is 4.72 Å². The van der Waals surface area contributed by atoms with Crippen molar-refractivity contribution in [2.24, 2.45) is 0 Å². The molecule has 0 aliphatic heterocycles. The average molecular weight is 453 g/mol. The lowest BCUT2D eigenvalue weighted by molar-refractivity contribution is -0.140. The molecule has 11 heteroatoms. The van der Waals surface area contributed by atoms with Crippen LogP contribution in [0, 0.1) is 5.82 Å². The number of anilines is 1. The molecule has 4 aromatic rings. The topological polar surface area (TPSA) is 72.0 Å². The van der Waals surface area contributed by atoms with Crippen LogP contribution in [0.25, 0.3) is 20.9 Å². The number of rotatable bonds is 4. The van der Waals surface area contributed by atoms with Crippen LogP contribution in [-0.4, -0.2) is 18.4 Å². The van der Waals surface area contributed by atoms with Gasteiger partial charge in [-0.05, 0) is 54.6 Å². The third-order valence-corrected chi connectivity index (χ3v) is 6.51. The Morgan fingerprint density at radius 3 is 2.40 bits per heavy atom. The molecule has 0 spiro atoms. The highest BCUT2D eigenvalue weighted by Gasteiger charge is 2.35. The van der Waals surface area contributed by atoms with E-state index in [-0.39, 0.29) is 11.8 Å². The van der Waals surface area contributed by atoms with Crippen LogP contribution in [0.4, 0.5) is 23.2 Å². The van der Waals surface area contributed by atoms with Crippen LogP contribution in [-0.2, 0) is 16.2 Å². The van der Waals surface area contributed by atoms with E-state index in [9.17, 15) is 26.0 Å². The van der Waals surface area contributed by atoms with Crippen molar-refractivity contribution in [2.75, 3.05) is 4.72 Å². The second kappa shape index (κ2) is 7.33. The summed E-state index contributed by atoms with van der Waals surface area (Å²) in [6, 6.07) is 11.3. The Hall–Kier alpha value is -3.05. The summed E-state index contributed by atoms with van der Waals surface area (Å²) < 4.78 is 79.1. The lowest BCUT2D eigenvalue weighted by Crippen LogP contribution is -2.15. The maximum absolute atomic E-state index is 13.4. The zero-order valence-corrected chi connectivity index (χ0v) is 16.4. The van der Waals surface area contributed by atoms with Gasteiger partial charge in [-0.2, -0.15) is 13.2 Å². The quantitative estimate of drug-likeness (QED) is 0.425. The second-order valence-electron chi connectivity index (χ2n) is 6.17. The fourth-order valence-corrected chi connectivity index (χ4v) is 4.67. The smallest absolute Gasteiger partial charge is 0.280 e. The molecule has 0 aliphatic carbocycles. The van der Waals surface area contributed by atoms with E-state index in [4.69, 9.17) is 0 Å². The van der Waals surface area contributed by atoms with Gasteiger partial charge in [0.25, 0.3) is 10.0 Å². The maximum Gasteiger partial charge on any atom is 0.419 e. The third kappa shape index (κ3) is 3.98. The van der Waals surface area contributed by atoms with Crippen molar-refractivity contribution < 1.29 is 26.0 Å². The fourth-order valence-electron chi connectivity index (χ4n) is 2.68. The maximum atomic E-state index is 13.4. The zero-order valence-electron chi connectivity index (χ0n) is 14.8. The molecule has 2 heterocycles. The Morgan fingerprint density at radius 2 is 1.73 bits per heavy atom. The van der Waals surface area contributed by atoms with E-state index in [1.54, 1.807) is 24.4 Å². The molecule has 4 rings (SSSR count). The molecule has 0 radical (unpaired) electrons. The number of alkyl halides is 3. The van der Waals surface area contributed by atoms with Crippen LogP contribution in [0.3, 0.4) is 0 Å². The number of benzene rings is 2. The first kappa shape index (κ1) is 20.2. The molecule has 0 bridgehead atoms. The van der Waals surface area contributed by atoms with Gasteiger partial charge in [-0.1, -0.05) is 11.3 Å². The Kier molecular flexibility index (Phi) is 4.94. The summed E-state index contributed by atoms with van der Waals surface area (Å²) in [7, 11) is -4.35. The van der Waals surface area contributed by atoms with E-state index in [0.717, 1.165) is 22.0 Å². The normalized spacial score (nSPS) is 12.3. The highest BCUT2D eigenvalue weighted by atomic mass is 32.2. The molecule has 2 aromatic heterocycles. The molecule has 0 fully saturated rings. The Labute approximate surface area is 172 Å². The Balaban J connectivity index is 1.60. The van der Waals surface area contributed by atoms with Crippen molar-refractivity contribution in [3.8, 4) is 10.6 Å². The van der Waals surface area contributed by atoms with Crippen LogP contribution in [0.15, 0.2) is 65.7 Å². The van der Waals surface area contributed by atoms with E-state index in [1.165, 1.54) is 23.5 Å². The molecule has 30 heavy (non-hydrogen) atoms. The number of thiazole rings is 1. The van der Waals surface area contributed by atoms with Crippen LogP contribution in [0.1, 0.15) is 5.56 Å². The molecular weight excluding hydrogens is 442 g/mol. The average Bonchev–Trinajstić information content (AvgIpc) is 3.11. The summed E-state index contributed by atoms with van der Waals surface area (Å²) in [5.41, 5.74) is -0.0535. The second-order valence-corrected chi connectivity index (χ2v) is 8.83. The third-order valence-electron chi connectivity index (χ3n) is 4.10. The van der Waals surface area contributed by atoms with Gasteiger partial charge in [-0.15, -0.1) is 0 Å². The van der Waals surface area contributed by atoms with E-state index < -0.39 is 32.5 Å². The summed E-state index contributed by atoms with van der Waals surface area (Å²) in [5.74, 6) is -1.55. The van der Waals surface area contributed by atoms with Gasteiger partial charge >= 0.3 is 6.18 Å². The molecule has 0 saturated carbocycles. The van der Waals surface area contributed by atoms with E-state index in [0.29, 0.717) is 11.1 Å². The van der Waals surface area contributed by atoms with E-state index in [2.05, 4.69) is 14.7 Å². The highest BCUT2D eigenvalue weighted by molar-refractivity contribution is 7.92. The number of nitrogens with one attached hydrogen (secondary N) is 1. The predicted octanol–water partition coefficient (Wildman–Crippen LogP) is 5.32. The van der Waals surface area contributed by atoms with E-state index in [1.807, 2.05) is 6.07 Å². The molecule has 2 aromatic carbocycles. The minimum Gasteiger partial charge on any atom is -0.280 e. The molecule has 0 atom stereocenters. The molecule has 0 aliphatic rings. The summed E-state index contributed by atoms with van der Waals surface area (Å²) >= 11 is 1.37. The molecule has 5 nitrogen and oxygen atoms in total. The largest absolute Gasteiger partial charge is 0.419 e. The fraction of sp³-hybridized carbons (Fsp3) is 0.0526. The lowest BCUT2D eigenvalue weighted by Gasteiger charge is -2.12. The van der Waals surface area contributed by atoms with Gasteiger partial charge in [0.05, 0.1) is 10.5 Å². The van der Waals surface area contributed by atoms with Gasteiger partial charge in [0.2, 0.25) is 0 Å². The summed E-state index contributed by atoms with van der Waals surface area (Å²) in [6.45, 7) is 0. The van der Waals surface area contributed by atoms with Crippen molar-refractivity contribution in [2.45, 2.75) is 11.1 Å². The SMILES string of the molecule is O=S(=O)(Nc1ccc(-c2nc3cccnc3s2)cc1)c1ccc(F)c(C(F)(F)F)c1. The summed E-state index contributed by atoms with van der Waals surface area (Å²) in [4.78, 5) is 8.73. The van der Waals surface area contributed by atoms with E-state index >= 15 is 0 Å². The molecule has 0 unspecified atom stereocenters. The summed E-state index contributed by atoms with van der Waals surface area (Å²) in [6.07, 6.45) is -3.36. The number of hydrogen-bond donors (Lipinski definition) is 1. The van der Waals surface area contributed by atoms with Gasteiger partial charge in [-0.25, -0.2) is 22.8 Å². The number of nitrogens with zero attached hydrogens (tertiary/aromatic N) is 2. The molecule has 154 valence electrons. The lowest BCUT2D eigenvalue weighted by atomic mass is 10.2. The first-order chi connectivity index (χ1) is 14.1. The zero-order chi connectivity index (χ0) is 21.5. The monoisotopic (exact) mass is 453 g/mol. The molecule has 0 amide bonds. The highest BCUT2D eigenvalue weighted by Crippen LogP contribution is 2.33. The predicted molar refractivity (Wildman–Crippen MR) is 105 cm³/mol. The number of halogens is 4. The number of fused-ring (bicyclic) bond motifs is 1. The van der Waals surface area contributed by atoms with Crippen LogP contribution in [0.2, 0.25) is 0 Å². The minimum atomic E-state index is -5.01. The van der Waals surface area contributed by atoms with Gasteiger partial charge in [0.15, 0.2) is 0 Å².